The van der Waals surface area contributed by atoms with E-state index in [-0.39, 0.29) is 0 Å². The second-order valence-corrected chi connectivity index (χ2v) is 5.01. The lowest BCUT2D eigenvalue weighted by Crippen LogP contribution is -2.25. The van der Waals surface area contributed by atoms with Crippen molar-refractivity contribution in [3.8, 4) is 5.75 Å². The quantitative estimate of drug-likeness (QED) is 0.760. The third kappa shape index (κ3) is 5.62. The number of hydrogen-bond acceptors (Lipinski definition) is 2. The minimum absolute atomic E-state index is 0.469. The average Bonchev–Trinajstić information content (AvgIpc) is 2.31. The van der Waals surface area contributed by atoms with E-state index < -0.39 is 0 Å². The summed E-state index contributed by atoms with van der Waals surface area (Å²) in [5.74, 6) is 1.23. The largest absolute Gasteiger partial charge is 0.493 e. The van der Waals surface area contributed by atoms with Gasteiger partial charge in [0.15, 0.2) is 0 Å². The van der Waals surface area contributed by atoms with Crippen molar-refractivity contribution in [2.45, 2.75) is 20.3 Å². The van der Waals surface area contributed by atoms with Crippen molar-refractivity contribution in [2.75, 3.05) is 19.7 Å². The standard InChI is InChI=1S/C13H19Cl2NO/c1-3-6-16-8-10(2)9-17-11-4-5-12(14)13(15)7-11/h4-5,7,10,16H,3,6,8-9H2,1-2H3. The number of nitrogens with one attached hydrogen (secondary N) is 1. The van der Waals surface area contributed by atoms with Crippen molar-refractivity contribution in [1.29, 1.82) is 0 Å². The van der Waals surface area contributed by atoms with Crippen molar-refractivity contribution in [2.24, 2.45) is 5.92 Å². The van der Waals surface area contributed by atoms with Gasteiger partial charge in [0, 0.05) is 18.5 Å². The lowest BCUT2D eigenvalue weighted by molar-refractivity contribution is 0.256. The first-order valence-electron chi connectivity index (χ1n) is 5.92. The fraction of sp³-hybridized carbons (Fsp3) is 0.538. The van der Waals surface area contributed by atoms with E-state index in [0.717, 1.165) is 25.3 Å². The van der Waals surface area contributed by atoms with Gasteiger partial charge in [-0.2, -0.15) is 0 Å². The van der Waals surface area contributed by atoms with Crippen LogP contribution in [0.25, 0.3) is 0 Å². The van der Waals surface area contributed by atoms with E-state index in [9.17, 15) is 0 Å². The number of ether oxygens (including phenoxy) is 1. The maximum absolute atomic E-state index is 5.91. The zero-order valence-electron chi connectivity index (χ0n) is 10.3. The Bertz CT molecular complexity index is 344. The molecule has 1 rings (SSSR count). The highest BCUT2D eigenvalue weighted by Gasteiger charge is 2.04. The fourth-order valence-electron chi connectivity index (χ4n) is 1.39. The summed E-state index contributed by atoms with van der Waals surface area (Å²) < 4.78 is 5.65. The molecule has 4 heteroatoms. The van der Waals surface area contributed by atoms with Crippen LogP contribution >= 0.6 is 23.2 Å². The van der Waals surface area contributed by atoms with Crippen LogP contribution in [-0.2, 0) is 0 Å². The molecular formula is C13H19Cl2NO. The smallest absolute Gasteiger partial charge is 0.120 e. The van der Waals surface area contributed by atoms with E-state index in [1.165, 1.54) is 0 Å². The number of hydrogen-bond donors (Lipinski definition) is 1. The zero-order valence-corrected chi connectivity index (χ0v) is 11.8. The molecule has 0 bridgehead atoms. The normalized spacial score (nSPS) is 12.5. The fourth-order valence-corrected chi connectivity index (χ4v) is 1.68. The predicted molar refractivity (Wildman–Crippen MR) is 74.3 cm³/mol. The number of rotatable bonds is 7. The van der Waals surface area contributed by atoms with Crippen molar-refractivity contribution in [3.63, 3.8) is 0 Å². The molecule has 0 fully saturated rings. The monoisotopic (exact) mass is 275 g/mol. The first kappa shape index (κ1) is 14.6. The van der Waals surface area contributed by atoms with Crippen molar-refractivity contribution >= 4 is 23.2 Å². The summed E-state index contributed by atoms with van der Waals surface area (Å²) >= 11 is 11.7. The molecule has 17 heavy (non-hydrogen) atoms. The maximum atomic E-state index is 5.91. The highest BCUT2D eigenvalue weighted by molar-refractivity contribution is 6.42. The number of halogens is 2. The van der Waals surface area contributed by atoms with Crippen LogP contribution < -0.4 is 10.1 Å². The third-order valence-electron chi connectivity index (χ3n) is 2.35. The summed E-state index contributed by atoms with van der Waals surface area (Å²) in [6, 6.07) is 5.33. The lowest BCUT2D eigenvalue weighted by atomic mass is 10.2. The Labute approximate surface area is 113 Å². The molecule has 0 aliphatic carbocycles. The molecular weight excluding hydrogens is 257 g/mol. The molecule has 1 N–H and O–H groups in total. The van der Waals surface area contributed by atoms with Crippen LogP contribution in [0, 0.1) is 5.92 Å². The van der Waals surface area contributed by atoms with Gasteiger partial charge in [-0.25, -0.2) is 0 Å². The SMILES string of the molecule is CCCNCC(C)COc1ccc(Cl)c(Cl)c1. The molecule has 0 saturated heterocycles. The molecule has 0 saturated carbocycles. The van der Waals surface area contributed by atoms with Crippen molar-refractivity contribution in [3.05, 3.63) is 28.2 Å². The lowest BCUT2D eigenvalue weighted by Gasteiger charge is -2.14. The maximum Gasteiger partial charge on any atom is 0.120 e. The van der Waals surface area contributed by atoms with Gasteiger partial charge in [0.05, 0.1) is 16.7 Å². The van der Waals surface area contributed by atoms with Crippen LogP contribution in [0.5, 0.6) is 5.75 Å². The molecule has 0 spiro atoms. The van der Waals surface area contributed by atoms with Gasteiger partial charge < -0.3 is 10.1 Å². The summed E-state index contributed by atoms with van der Waals surface area (Å²) in [6.45, 7) is 7.00. The summed E-state index contributed by atoms with van der Waals surface area (Å²) in [4.78, 5) is 0. The Morgan fingerprint density at radius 1 is 1.29 bits per heavy atom. The van der Waals surface area contributed by atoms with Gasteiger partial charge in [0.1, 0.15) is 5.75 Å². The summed E-state index contributed by atoms with van der Waals surface area (Å²) in [5, 5.41) is 4.45. The minimum atomic E-state index is 0.469. The molecule has 1 unspecified atom stereocenters. The van der Waals surface area contributed by atoms with Crippen LogP contribution in [0.4, 0.5) is 0 Å². The Kier molecular flexibility index (Phi) is 6.71. The zero-order chi connectivity index (χ0) is 12.7. The van der Waals surface area contributed by atoms with Crippen LogP contribution in [0.2, 0.25) is 10.0 Å². The average molecular weight is 276 g/mol. The first-order chi connectivity index (χ1) is 8.13. The van der Waals surface area contributed by atoms with Gasteiger partial charge in [-0.15, -0.1) is 0 Å². The second-order valence-electron chi connectivity index (χ2n) is 4.20. The third-order valence-corrected chi connectivity index (χ3v) is 3.08. The van der Waals surface area contributed by atoms with Gasteiger partial charge in [-0.3, -0.25) is 0 Å². The van der Waals surface area contributed by atoms with Gasteiger partial charge in [-0.1, -0.05) is 37.0 Å². The Balaban J connectivity index is 2.31. The number of benzene rings is 1. The van der Waals surface area contributed by atoms with Crippen LogP contribution in [0.15, 0.2) is 18.2 Å². The Morgan fingerprint density at radius 3 is 2.71 bits per heavy atom. The van der Waals surface area contributed by atoms with E-state index in [2.05, 4.69) is 19.2 Å². The predicted octanol–water partition coefficient (Wildman–Crippen LogP) is 4.01. The van der Waals surface area contributed by atoms with E-state index in [0.29, 0.717) is 22.6 Å². The first-order valence-corrected chi connectivity index (χ1v) is 6.67. The van der Waals surface area contributed by atoms with Gasteiger partial charge in [0.2, 0.25) is 0 Å². The van der Waals surface area contributed by atoms with E-state index in [1.54, 1.807) is 12.1 Å². The topological polar surface area (TPSA) is 21.3 Å². The molecule has 0 amide bonds. The molecule has 1 aromatic rings. The van der Waals surface area contributed by atoms with E-state index in [4.69, 9.17) is 27.9 Å². The summed E-state index contributed by atoms with van der Waals surface area (Å²) in [5.41, 5.74) is 0. The van der Waals surface area contributed by atoms with Crippen LogP contribution in [0.3, 0.4) is 0 Å². The summed E-state index contributed by atoms with van der Waals surface area (Å²) in [7, 11) is 0. The molecule has 1 atom stereocenters. The Morgan fingerprint density at radius 2 is 2.06 bits per heavy atom. The second kappa shape index (κ2) is 7.80. The molecule has 0 aromatic heterocycles. The summed E-state index contributed by atoms with van der Waals surface area (Å²) in [6.07, 6.45) is 1.15. The van der Waals surface area contributed by atoms with Crippen LogP contribution in [-0.4, -0.2) is 19.7 Å². The van der Waals surface area contributed by atoms with Gasteiger partial charge >= 0.3 is 0 Å². The van der Waals surface area contributed by atoms with E-state index in [1.807, 2.05) is 6.07 Å². The van der Waals surface area contributed by atoms with Crippen molar-refractivity contribution in [1.82, 2.24) is 5.32 Å². The highest BCUT2D eigenvalue weighted by Crippen LogP contribution is 2.26. The molecule has 96 valence electrons. The van der Waals surface area contributed by atoms with E-state index >= 15 is 0 Å². The van der Waals surface area contributed by atoms with Crippen molar-refractivity contribution < 1.29 is 4.74 Å². The molecule has 0 heterocycles. The van der Waals surface area contributed by atoms with Gasteiger partial charge in [0.25, 0.3) is 0 Å². The molecule has 1 aromatic carbocycles. The Hall–Kier alpha value is -0.440. The van der Waals surface area contributed by atoms with Crippen LogP contribution in [0.1, 0.15) is 20.3 Å². The highest BCUT2D eigenvalue weighted by atomic mass is 35.5. The molecule has 0 aliphatic rings. The molecule has 0 aliphatic heterocycles. The molecule has 2 nitrogen and oxygen atoms in total. The van der Waals surface area contributed by atoms with Gasteiger partial charge in [-0.05, 0) is 25.1 Å². The minimum Gasteiger partial charge on any atom is -0.493 e. The molecule has 0 radical (unpaired) electrons.